The Bertz CT molecular complexity index is 888. The van der Waals surface area contributed by atoms with Gasteiger partial charge in [-0.05, 0) is 18.6 Å². The highest BCUT2D eigenvalue weighted by molar-refractivity contribution is 6.32. The summed E-state index contributed by atoms with van der Waals surface area (Å²) in [6, 6.07) is 7.26. The second-order valence-corrected chi connectivity index (χ2v) is 6.50. The van der Waals surface area contributed by atoms with Gasteiger partial charge in [0.1, 0.15) is 11.6 Å². The third-order valence-electron chi connectivity index (χ3n) is 4.53. The van der Waals surface area contributed by atoms with Crippen LogP contribution in [-0.2, 0) is 14.1 Å². The van der Waals surface area contributed by atoms with Gasteiger partial charge in [-0.1, -0.05) is 23.7 Å². The molecule has 0 fully saturated rings. The summed E-state index contributed by atoms with van der Waals surface area (Å²) in [5.41, 5.74) is 0.0473. The number of fused-ring (bicyclic) bond motifs is 1. The monoisotopic (exact) mass is 349 g/mol. The zero-order chi connectivity index (χ0) is 17.4. The summed E-state index contributed by atoms with van der Waals surface area (Å²) >= 11 is 6.12. The summed E-state index contributed by atoms with van der Waals surface area (Å²) in [5, 5.41) is 0.541. The topological polar surface area (TPSA) is 56.5 Å². The van der Waals surface area contributed by atoms with E-state index in [1.807, 2.05) is 24.1 Å². The molecule has 3 rings (SSSR count). The maximum absolute atomic E-state index is 12.7. The van der Waals surface area contributed by atoms with E-state index in [-0.39, 0.29) is 17.2 Å². The predicted octanol–water partition coefficient (Wildman–Crippen LogP) is 1.74. The van der Waals surface area contributed by atoms with Crippen molar-refractivity contribution in [3.8, 4) is 5.75 Å². The van der Waals surface area contributed by atoms with E-state index in [0.717, 1.165) is 17.5 Å². The molecule has 2 aromatic rings. The first-order chi connectivity index (χ1) is 11.4. The quantitative estimate of drug-likeness (QED) is 0.847. The first-order valence-electron chi connectivity index (χ1n) is 7.80. The molecule has 1 aromatic carbocycles. The van der Waals surface area contributed by atoms with Gasteiger partial charge >= 0.3 is 5.69 Å². The molecule has 0 amide bonds. The van der Waals surface area contributed by atoms with Crippen LogP contribution >= 0.6 is 11.6 Å². The number of benzene rings is 1. The molecule has 0 saturated heterocycles. The smallest absolute Gasteiger partial charge is 0.332 e. The maximum Gasteiger partial charge on any atom is 0.332 e. The lowest BCUT2D eigenvalue weighted by Gasteiger charge is -2.33. The summed E-state index contributed by atoms with van der Waals surface area (Å²) < 4.78 is 8.53. The van der Waals surface area contributed by atoms with Crippen molar-refractivity contribution < 1.29 is 4.74 Å². The Morgan fingerprint density at radius 2 is 1.88 bits per heavy atom. The molecule has 0 N–H and O–H groups in total. The van der Waals surface area contributed by atoms with Gasteiger partial charge in [0.05, 0.1) is 17.2 Å². The minimum Gasteiger partial charge on any atom is -0.491 e. The number of ether oxygens (including phenoxy) is 1. The largest absolute Gasteiger partial charge is 0.491 e. The van der Waals surface area contributed by atoms with E-state index in [4.69, 9.17) is 16.3 Å². The highest BCUT2D eigenvalue weighted by Crippen LogP contribution is 2.32. The van der Waals surface area contributed by atoms with Crippen LogP contribution in [0.1, 0.15) is 17.9 Å². The van der Waals surface area contributed by atoms with Crippen molar-refractivity contribution in [2.45, 2.75) is 12.3 Å². The van der Waals surface area contributed by atoms with Crippen LogP contribution in [0.25, 0.3) is 0 Å². The molecule has 0 spiro atoms. The molecule has 0 bridgehead atoms. The highest BCUT2D eigenvalue weighted by atomic mass is 35.5. The highest BCUT2D eigenvalue weighted by Gasteiger charge is 2.30. The van der Waals surface area contributed by atoms with E-state index in [9.17, 15) is 9.59 Å². The van der Waals surface area contributed by atoms with Gasteiger partial charge in [-0.25, -0.2) is 4.79 Å². The van der Waals surface area contributed by atoms with Gasteiger partial charge in [-0.2, -0.15) is 0 Å². The van der Waals surface area contributed by atoms with Crippen LogP contribution in [0.5, 0.6) is 5.75 Å². The molecule has 0 radical (unpaired) electrons. The van der Waals surface area contributed by atoms with Crippen LogP contribution in [-0.4, -0.2) is 29.3 Å². The molecule has 0 saturated carbocycles. The van der Waals surface area contributed by atoms with E-state index < -0.39 is 0 Å². The first-order valence-corrected chi connectivity index (χ1v) is 8.18. The molecule has 2 heterocycles. The molecular weight excluding hydrogens is 330 g/mol. The molecular formula is C17H20ClN3O3. The molecule has 1 aromatic heterocycles. The van der Waals surface area contributed by atoms with Gasteiger partial charge in [0.15, 0.2) is 0 Å². The minimum atomic E-state index is -0.321. The van der Waals surface area contributed by atoms with Gasteiger partial charge in [0.2, 0.25) is 0 Å². The standard InChI is InChI=1S/C17H20ClN3O3/c1-19-9-8-11(10-24-13-7-5-4-6-12(13)18)14-15(19)20(2)17(23)21(3)16(14)22/h4-7,11H,8-10H2,1-3H3. The van der Waals surface area contributed by atoms with E-state index in [0.29, 0.717) is 28.8 Å². The van der Waals surface area contributed by atoms with Crippen molar-refractivity contribution in [2.24, 2.45) is 14.1 Å². The van der Waals surface area contributed by atoms with Crippen molar-refractivity contribution in [3.63, 3.8) is 0 Å². The van der Waals surface area contributed by atoms with Crippen molar-refractivity contribution in [1.82, 2.24) is 9.13 Å². The Labute approximate surface area is 144 Å². The number of nitrogens with zero attached hydrogens (tertiary/aromatic N) is 3. The summed E-state index contributed by atoms with van der Waals surface area (Å²) in [5.74, 6) is 1.18. The number of para-hydroxylation sites is 1. The number of aromatic nitrogens is 2. The zero-order valence-corrected chi connectivity index (χ0v) is 14.7. The fourth-order valence-corrected chi connectivity index (χ4v) is 3.39. The Morgan fingerprint density at radius 3 is 2.58 bits per heavy atom. The van der Waals surface area contributed by atoms with E-state index >= 15 is 0 Å². The number of hydrogen-bond acceptors (Lipinski definition) is 4. The van der Waals surface area contributed by atoms with Crippen LogP contribution in [0.3, 0.4) is 0 Å². The summed E-state index contributed by atoms with van der Waals surface area (Å²) in [6.07, 6.45) is 0.779. The molecule has 1 aliphatic heterocycles. The molecule has 7 heteroatoms. The van der Waals surface area contributed by atoms with Crippen LogP contribution in [0.15, 0.2) is 33.9 Å². The fraction of sp³-hybridized carbons (Fsp3) is 0.412. The van der Waals surface area contributed by atoms with Crippen LogP contribution < -0.4 is 20.9 Å². The fourth-order valence-electron chi connectivity index (χ4n) is 3.20. The van der Waals surface area contributed by atoms with Crippen molar-refractivity contribution in [1.29, 1.82) is 0 Å². The van der Waals surface area contributed by atoms with Gasteiger partial charge in [-0.15, -0.1) is 0 Å². The van der Waals surface area contributed by atoms with Gasteiger partial charge in [-0.3, -0.25) is 13.9 Å². The molecule has 1 atom stereocenters. The number of anilines is 1. The number of hydrogen-bond donors (Lipinski definition) is 0. The van der Waals surface area contributed by atoms with Crippen molar-refractivity contribution >= 4 is 17.4 Å². The summed E-state index contributed by atoms with van der Waals surface area (Å²) in [7, 11) is 5.09. The Hall–Kier alpha value is -2.21. The Balaban J connectivity index is 1.99. The SMILES string of the molecule is CN1CCC(COc2ccccc2Cl)c2c1n(C)c(=O)n(C)c2=O. The summed E-state index contributed by atoms with van der Waals surface area (Å²) in [4.78, 5) is 26.8. The lowest BCUT2D eigenvalue weighted by molar-refractivity contribution is 0.277. The maximum atomic E-state index is 12.7. The molecule has 128 valence electrons. The number of rotatable bonds is 3. The van der Waals surface area contributed by atoms with E-state index in [2.05, 4.69) is 0 Å². The van der Waals surface area contributed by atoms with Crippen LogP contribution in [0, 0.1) is 0 Å². The van der Waals surface area contributed by atoms with Crippen LogP contribution in [0.2, 0.25) is 5.02 Å². The normalized spacial score (nSPS) is 16.8. The predicted molar refractivity (Wildman–Crippen MR) is 94.5 cm³/mol. The second kappa shape index (κ2) is 6.36. The summed E-state index contributed by atoms with van der Waals surface area (Å²) in [6.45, 7) is 1.10. The van der Waals surface area contributed by atoms with E-state index in [1.165, 1.54) is 11.6 Å². The van der Waals surface area contributed by atoms with Crippen LogP contribution in [0.4, 0.5) is 5.82 Å². The lowest BCUT2D eigenvalue weighted by atomic mass is 9.93. The second-order valence-electron chi connectivity index (χ2n) is 6.09. The molecule has 1 unspecified atom stereocenters. The first kappa shape index (κ1) is 16.6. The van der Waals surface area contributed by atoms with E-state index in [1.54, 1.807) is 19.2 Å². The molecule has 1 aliphatic rings. The Kier molecular flexibility index (Phi) is 4.41. The van der Waals surface area contributed by atoms with Crippen molar-refractivity contribution in [2.75, 3.05) is 25.1 Å². The lowest BCUT2D eigenvalue weighted by Crippen LogP contribution is -2.46. The third-order valence-corrected chi connectivity index (χ3v) is 4.84. The average molecular weight is 350 g/mol. The number of halogens is 1. The van der Waals surface area contributed by atoms with Gasteiger partial charge in [0.25, 0.3) is 5.56 Å². The molecule has 6 nitrogen and oxygen atoms in total. The average Bonchev–Trinajstić information content (AvgIpc) is 2.58. The van der Waals surface area contributed by atoms with Crippen molar-refractivity contribution in [3.05, 3.63) is 55.7 Å². The molecule has 24 heavy (non-hydrogen) atoms. The third kappa shape index (κ3) is 2.71. The van der Waals surface area contributed by atoms with Gasteiger partial charge < -0.3 is 9.64 Å². The van der Waals surface area contributed by atoms with Gasteiger partial charge in [0, 0.05) is 33.6 Å². The zero-order valence-electron chi connectivity index (χ0n) is 14.0. The Morgan fingerprint density at radius 1 is 1.17 bits per heavy atom. The molecule has 0 aliphatic carbocycles. The minimum absolute atomic E-state index is 0.0852.